The van der Waals surface area contributed by atoms with E-state index in [4.69, 9.17) is 14.2 Å². The summed E-state index contributed by atoms with van der Waals surface area (Å²) in [4.78, 5) is 30.0. The standard InChI is InChI=1S/C25H22N2O5S/c1-30-15-14-27-20-13-12-17(24(29)31-2)16-22(20)33-25(27)26-23(28)19-10-6-7-11-21(19)32-18-8-4-3-5-9-18/h3-13,16H,14-15H2,1-2H3. The monoisotopic (exact) mass is 462 g/mol. The molecular formula is C25H22N2O5S. The maximum Gasteiger partial charge on any atom is 0.337 e. The Balaban J connectivity index is 1.76. The highest BCUT2D eigenvalue weighted by Gasteiger charge is 2.15. The highest BCUT2D eigenvalue weighted by molar-refractivity contribution is 7.16. The molecule has 1 amide bonds. The van der Waals surface area contributed by atoms with Gasteiger partial charge in [0.15, 0.2) is 4.80 Å². The van der Waals surface area contributed by atoms with Gasteiger partial charge in [0.25, 0.3) is 5.91 Å². The second-order valence-corrected chi connectivity index (χ2v) is 8.04. The number of carbonyl (C=O) groups is 2. The van der Waals surface area contributed by atoms with Crippen molar-refractivity contribution in [3.63, 3.8) is 0 Å². The molecule has 0 aliphatic carbocycles. The number of hydrogen-bond acceptors (Lipinski definition) is 6. The average Bonchev–Trinajstić information content (AvgIpc) is 3.19. The number of methoxy groups -OCH3 is 2. The third-order valence-corrected chi connectivity index (χ3v) is 5.95. The first-order valence-corrected chi connectivity index (χ1v) is 11.0. The van der Waals surface area contributed by atoms with Crippen LogP contribution in [-0.4, -0.2) is 37.3 Å². The van der Waals surface area contributed by atoms with Crippen LogP contribution in [0, 0.1) is 0 Å². The Kier molecular flexibility index (Phi) is 6.97. The quantitative estimate of drug-likeness (QED) is 0.373. The van der Waals surface area contributed by atoms with Crippen LogP contribution in [0.15, 0.2) is 77.8 Å². The molecule has 0 aliphatic rings. The number of nitrogens with zero attached hydrogens (tertiary/aromatic N) is 2. The Bertz CT molecular complexity index is 1360. The van der Waals surface area contributed by atoms with Crippen molar-refractivity contribution in [2.24, 2.45) is 4.99 Å². The molecule has 0 saturated heterocycles. The van der Waals surface area contributed by atoms with Crippen molar-refractivity contribution in [3.8, 4) is 11.5 Å². The van der Waals surface area contributed by atoms with E-state index in [1.165, 1.54) is 18.4 Å². The van der Waals surface area contributed by atoms with Gasteiger partial charge in [0.1, 0.15) is 11.5 Å². The summed E-state index contributed by atoms with van der Waals surface area (Å²) in [6.07, 6.45) is 0. The number of fused-ring (bicyclic) bond motifs is 1. The second-order valence-electron chi connectivity index (χ2n) is 7.03. The van der Waals surface area contributed by atoms with Gasteiger partial charge in [0.2, 0.25) is 0 Å². The first kappa shape index (κ1) is 22.4. The molecule has 1 heterocycles. The van der Waals surface area contributed by atoms with Crippen LogP contribution in [0.25, 0.3) is 10.2 Å². The van der Waals surface area contributed by atoms with Crippen molar-refractivity contribution in [1.82, 2.24) is 4.57 Å². The van der Waals surface area contributed by atoms with Crippen LogP contribution in [0.2, 0.25) is 0 Å². The molecule has 1 aromatic heterocycles. The van der Waals surface area contributed by atoms with E-state index in [-0.39, 0.29) is 0 Å². The number of thiazole rings is 1. The highest BCUT2D eigenvalue weighted by atomic mass is 32.1. The summed E-state index contributed by atoms with van der Waals surface area (Å²) in [6.45, 7) is 0.946. The van der Waals surface area contributed by atoms with Gasteiger partial charge in [-0.05, 0) is 42.5 Å². The third kappa shape index (κ3) is 5.02. The van der Waals surface area contributed by atoms with Crippen molar-refractivity contribution in [2.75, 3.05) is 20.8 Å². The number of carbonyl (C=O) groups excluding carboxylic acids is 2. The lowest BCUT2D eigenvalue weighted by molar-refractivity contribution is 0.0600. The lowest BCUT2D eigenvalue weighted by Crippen LogP contribution is -2.19. The number of esters is 1. The molecule has 4 aromatic rings. The lowest BCUT2D eigenvalue weighted by atomic mass is 10.2. The smallest absolute Gasteiger partial charge is 0.337 e. The van der Waals surface area contributed by atoms with Gasteiger partial charge in [-0.1, -0.05) is 41.7 Å². The summed E-state index contributed by atoms with van der Waals surface area (Å²) < 4.78 is 18.7. The summed E-state index contributed by atoms with van der Waals surface area (Å²) in [5.41, 5.74) is 1.64. The molecule has 3 aromatic carbocycles. The minimum absolute atomic E-state index is 0.354. The number of aromatic nitrogens is 1. The summed E-state index contributed by atoms with van der Waals surface area (Å²) in [6, 6.07) is 21.5. The molecule has 7 nitrogen and oxygen atoms in total. The molecule has 0 unspecified atom stereocenters. The normalized spacial score (nSPS) is 11.5. The van der Waals surface area contributed by atoms with E-state index in [2.05, 4.69) is 4.99 Å². The zero-order valence-electron chi connectivity index (χ0n) is 18.2. The fourth-order valence-electron chi connectivity index (χ4n) is 3.30. The number of benzene rings is 3. The van der Waals surface area contributed by atoms with Crippen molar-refractivity contribution in [2.45, 2.75) is 6.54 Å². The zero-order valence-corrected chi connectivity index (χ0v) is 19.0. The highest BCUT2D eigenvalue weighted by Crippen LogP contribution is 2.26. The molecule has 0 fully saturated rings. The Labute approximate surface area is 194 Å². The third-order valence-electron chi connectivity index (χ3n) is 4.91. The molecule has 0 bridgehead atoms. The van der Waals surface area contributed by atoms with E-state index >= 15 is 0 Å². The van der Waals surface area contributed by atoms with Gasteiger partial charge in [-0.3, -0.25) is 4.79 Å². The topological polar surface area (TPSA) is 79.1 Å². The fraction of sp³-hybridized carbons (Fsp3) is 0.160. The van der Waals surface area contributed by atoms with Crippen LogP contribution in [-0.2, 0) is 16.0 Å². The number of para-hydroxylation sites is 2. The number of amides is 1. The van der Waals surface area contributed by atoms with E-state index in [1.807, 2.05) is 47.0 Å². The predicted octanol–water partition coefficient (Wildman–Crippen LogP) is 4.67. The Morgan fingerprint density at radius 1 is 0.970 bits per heavy atom. The van der Waals surface area contributed by atoms with Crippen molar-refractivity contribution in [1.29, 1.82) is 0 Å². The van der Waals surface area contributed by atoms with Crippen LogP contribution < -0.4 is 9.54 Å². The first-order chi connectivity index (χ1) is 16.1. The van der Waals surface area contributed by atoms with Crippen molar-refractivity contribution < 1.29 is 23.8 Å². The van der Waals surface area contributed by atoms with Crippen LogP contribution in [0.3, 0.4) is 0 Å². The van der Waals surface area contributed by atoms with E-state index < -0.39 is 11.9 Å². The number of ether oxygens (including phenoxy) is 3. The van der Waals surface area contributed by atoms with Crippen LogP contribution in [0.4, 0.5) is 0 Å². The maximum atomic E-state index is 13.2. The SMILES string of the molecule is COCCn1c(=NC(=O)c2ccccc2Oc2ccccc2)sc2cc(C(=O)OC)ccc21. The molecule has 0 spiro atoms. The Hall–Kier alpha value is -3.75. The van der Waals surface area contributed by atoms with E-state index in [9.17, 15) is 9.59 Å². The molecule has 168 valence electrons. The molecule has 0 saturated carbocycles. The first-order valence-electron chi connectivity index (χ1n) is 10.2. The van der Waals surface area contributed by atoms with Crippen LogP contribution in [0.1, 0.15) is 20.7 Å². The molecular weight excluding hydrogens is 440 g/mol. The maximum absolute atomic E-state index is 13.2. The number of rotatable bonds is 7. The minimum Gasteiger partial charge on any atom is -0.465 e. The van der Waals surface area contributed by atoms with Gasteiger partial charge in [-0.25, -0.2) is 4.79 Å². The average molecular weight is 463 g/mol. The zero-order chi connectivity index (χ0) is 23.2. The molecule has 0 N–H and O–H groups in total. The van der Waals surface area contributed by atoms with Crippen molar-refractivity contribution in [3.05, 3.63) is 88.7 Å². The van der Waals surface area contributed by atoms with Crippen molar-refractivity contribution >= 4 is 33.4 Å². The summed E-state index contributed by atoms with van der Waals surface area (Å²) >= 11 is 1.32. The molecule has 0 radical (unpaired) electrons. The van der Waals surface area contributed by atoms with Gasteiger partial charge in [0, 0.05) is 13.7 Å². The van der Waals surface area contributed by atoms with Crippen LogP contribution in [0.5, 0.6) is 11.5 Å². The lowest BCUT2D eigenvalue weighted by Gasteiger charge is -2.09. The van der Waals surface area contributed by atoms with Gasteiger partial charge in [-0.15, -0.1) is 0 Å². The number of hydrogen-bond donors (Lipinski definition) is 0. The van der Waals surface area contributed by atoms with E-state index in [1.54, 1.807) is 37.4 Å². The van der Waals surface area contributed by atoms with Gasteiger partial charge in [0.05, 0.1) is 35.1 Å². The summed E-state index contributed by atoms with van der Waals surface area (Å²) in [5, 5.41) is 0. The molecule has 0 aliphatic heterocycles. The van der Waals surface area contributed by atoms with E-state index in [0.717, 1.165) is 10.2 Å². The molecule has 33 heavy (non-hydrogen) atoms. The predicted molar refractivity (Wildman–Crippen MR) is 126 cm³/mol. The summed E-state index contributed by atoms with van der Waals surface area (Å²) in [7, 11) is 2.96. The largest absolute Gasteiger partial charge is 0.465 e. The van der Waals surface area contributed by atoms with Gasteiger partial charge >= 0.3 is 5.97 Å². The fourth-order valence-corrected chi connectivity index (χ4v) is 4.39. The Morgan fingerprint density at radius 2 is 1.73 bits per heavy atom. The second kappa shape index (κ2) is 10.2. The minimum atomic E-state index is -0.424. The molecule has 0 atom stereocenters. The van der Waals surface area contributed by atoms with Gasteiger partial charge in [-0.2, -0.15) is 4.99 Å². The Morgan fingerprint density at radius 3 is 2.48 bits per heavy atom. The molecule has 4 rings (SSSR count). The van der Waals surface area contributed by atoms with Crippen LogP contribution >= 0.6 is 11.3 Å². The van der Waals surface area contributed by atoms with E-state index in [0.29, 0.717) is 40.6 Å². The van der Waals surface area contributed by atoms with Gasteiger partial charge < -0.3 is 18.8 Å². The summed E-state index contributed by atoms with van der Waals surface area (Å²) in [5.74, 6) is 0.211. The molecule has 8 heteroatoms.